The Morgan fingerprint density at radius 2 is 1.97 bits per heavy atom. The van der Waals surface area contributed by atoms with Crippen LogP contribution in [0.1, 0.15) is 26.7 Å². The molecule has 7 nitrogen and oxygen atoms in total. The number of ether oxygens (including phenoxy) is 1. The molecule has 0 aromatic carbocycles. The summed E-state index contributed by atoms with van der Waals surface area (Å²) >= 11 is 0. The molecule has 0 saturated carbocycles. The maximum atomic E-state index is 13.2. The van der Waals surface area contributed by atoms with Crippen molar-refractivity contribution in [2.75, 3.05) is 20.7 Å². The number of methoxy groups -OCH3 is 1. The van der Waals surface area contributed by atoms with E-state index in [2.05, 4.69) is 46.0 Å². The van der Waals surface area contributed by atoms with Crippen LogP contribution in [0.4, 0.5) is 4.79 Å². The van der Waals surface area contributed by atoms with Gasteiger partial charge in [0, 0.05) is 24.9 Å². The smallest absolute Gasteiger partial charge is 0.407 e. The molecule has 1 fully saturated rings. The molecule has 2 amide bonds. The number of nitrogens with zero attached hydrogens (tertiary/aromatic N) is 2. The third kappa shape index (κ3) is 6.66. The minimum atomic E-state index is -0.688. The van der Waals surface area contributed by atoms with Crippen LogP contribution in [0.5, 0.6) is 0 Å². The van der Waals surface area contributed by atoms with Crippen molar-refractivity contribution in [2.24, 2.45) is 10.9 Å². The van der Waals surface area contributed by atoms with E-state index < -0.39 is 12.1 Å². The van der Waals surface area contributed by atoms with Crippen molar-refractivity contribution in [2.45, 2.75) is 38.8 Å². The van der Waals surface area contributed by atoms with Crippen LogP contribution in [0.3, 0.4) is 0 Å². The highest BCUT2D eigenvalue weighted by Crippen LogP contribution is 2.22. The van der Waals surface area contributed by atoms with Gasteiger partial charge in [0.2, 0.25) is 5.91 Å². The molecule has 2 N–H and O–H groups in total. The van der Waals surface area contributed by atoms with Gasteiger partial charge in [-0.3, -0.25) is 9.79 Å². The summed E-state index contributed by atoms with van der Waals surface area (Å²) in [6.07, 6.45) is 9.63. The molecular weight excluding hydrogens is 380 g/mol. The Morgan fingerprint density at radius 1 is 1.30 bits per heavy atom. The third-order valence-corrected chi connectivity index (χ3v) is 4.82. The van der Waals surface area contributed by atoms with E-state index in [1.54, 1.807) is 24.1 Å². The summed E-state index contributed by atoms with van der Waals surface area (Å²) in [5.74, 6) is 2.77. The number of amidine groups is 1. The lowest BCUT2D eigenvalue weighted by Crippen LogP contribution is -2.55. The fraction of sp³-hybridized carbons (Fsp3) is 0.435. The van der Waals surface area contributed by atoms with Gasteiger partial charge < -0.3 is 20.3 Å². The topological polar surface area (TPSA) is 83.0 Å². The van der Waals surface area contributed by atoms with Crippen LogP contribution >= 0.6 is 0 Å². The molecule has 0 aliphatic carbocycles. The number of carbonyl (C=O) groups is 2. The molecule has 0 spiro atoms. The highest BCUT2D eigenvalue weighted by molar-refractivity contribution is 5.95. The first-order valence-electron chi connectivity index (χ1n) is 9.76. The average Bonchev–Trinajstić information content (AvgIpc) is 3.22. The zero-order chi connectivity index (χ0) is 22.8. The van der Waals surface area contributed by atoms with Crippen LogP contribution in [0.2, 0.25) is 0 Å². The van der Waals surface area contributed by atoms with Crippen LogP contribution in [0, 0.1) is 18.3 Å². The van der Waals surface area contributed by atoms with Crippen LogP contribution in [-0.2, 0) is 9.53 Å². The molecule has 0 radical (unpaired) electrons. The largest absolute Gasteiger partial charge is 0.453 e. The second kappa shape index (κ2) is 11.7. The number of hydrogen-bond acceptors (Lipinski definition) is 4. The maximum Gasteiger partial charge on any atom is 0.407 e. The van der Waals surface area contributed by atoms with E-state index in [1.165, 1.54) is 7.11 Å². The van der Waals surface area contributed by atoms with Gasteiger partial charge in [-0.1, -0.05) is 45.6 Å². The number of amides is 2. The van der Waals surface area contributed by atoms with Crippen LogP contribution in [0.25, 0.3) is 0 Å². The first-order chi connectivity index (χ1) is 14.2. The molecule has 2 atom stereocenters. The van der Waals surface area contributed by atoms with E-state index >= 15 is 0 Å². The van der Waals surface area contributed by atoms with Crippen LogP contribution in [0.15, 0.2) is 53.7 Å². The number of nitrogens with one attached hydrogen (secondary N) is 2. The molecule has 1 aliphatic heterocycles. The molecule has 1 saturated heterocycles. The van der Waals surface area contributed by atoms with Gasteiger partial charge in [-0.05, 0) is 30.4 Å². The molecule has 0 aromatic heterocycles. The average molecular weight is 413 g/mol. The molecule has 2 unspecified atom stereocenters. The van der Waals surface area contributed by atoms with Crippen molar-refractivity contribution >= 4 is 17.8 Å². The minimum Gasteiger partial charge on any atom is -0.453 e. The summed E-state index contributed by atoms with van der Waals surface area (Å²) in [7, 11) is 2.93. The summed E-state index contributed by atoms with van der Waals surface area (Å²) in [5, 5.41) is 5.81. The molecular formula is C23H32N4O3. The monoisotopic (exact) mass is 412 g/mol. The van der Waals surface area contributed by atoms with Crippen molar-refractivity contribution in [3.63, 3.8) is 0 Å². The fourth-order valence-electron chi connectivity index (χ4n) is 3.07. The van der Waals surface area contributed by atoms with Gasteiger partial charge in [0.15, 0.2) is 0 Å². The quantitative estimate of drug-likeness (QED) is 0.278. The summed E-state index contributed by atoms with van der Waals surface area (Å²) < 4.78 is 4.66. The van der Waals surface area contributed by atoms with Crippen molar-refractivity contribution in [1.82, 2.24) is 15.5 Å². The lowest BCUT2D eigenvalue weighted by atomic mass is 10.0. The zero-order valence-corrected chi connectivity index (χ0v) is 18.3. The highest BCUT2D eigenvalue weighted by atomic mass is 16.5. The lowest BCUT2D eigenvalue weighted by Gasteiger charge is -2.31. The van der Waals surface area contributed by atoms with Crippen molar-refractivity contribution in [1.29, 1.82) is 0 Å². The van der Waals surface area contributed by atoms with Gasteiger partial charge in [-0.2, -0.15) is 0 Å². The van der Waals surface area contributed by atoms with Crippen molar-refractivity contribution in [3.05, 3.63) is 48.7 Å². The maximum absolute atomic E-state index is 13.2. The van der Waals surface area contributed by atoms with Crippen LogP contribution < -0.4 is 10.6 Å². The predicted octanol–water partition coefficient (Wildman–Crippen LogP) is 2.79. The van der Waals surface area contributed by atoms with Gasteiger partial charge >= 0.3 is 6.09 Å². The second-order valence-corrected chi connectivity index (χ2v) is 7.29. The number of rotatable bonds is 8. The van der Waals surface area contributed by atoms with E-state index in [9.17, 15) is 9.59 Å². The molecule has 162 valence electrons. The van der Waals surface area contributed by atoms with E-state index in [4.69, 9.17) is 6.42 Å². The Bertz CT molecular complexity index is 802. The minimum absolute atomic E-state index is 0.100. The number of aliphatic imine (C=N–C) groups is 1. The summed E-state index contributed by atoms with van der Waals surface area (Å²) in [6, 6.07) is -0.940. The van der Waals surface area contributed by atoms with Crippen LogP contribution in [-0.4, -0.2) is 55.5 Å². The number of hydrogen-bond donors (Lipinski definition) is 2. The molecule has 30 heavy (non-hydrogen) atoms. The first kappa shape index (κ1) is 24.8. The highest BCUT2D eigenvalue weighted by Gasteiger charge is 2.37. The molecule has 1 rings (SSSR count). The van der Waals surface area contributed by atoms with E-state index in [1.807, 2.05) is 13.8 Å². The number of alkyl carbamates (subject to hydrolysis) is 1. The second-order valence-electron chi connectivity index (χ2n) is 7.29. The Labute approximate surface area is 179 Å². The van der Waals surface area contributed by atoms with Gasteiger partial charge in [-0.15, -0.1) is 6.42 Å². The first-order valence-corrected chi connectivity index (χ1v) is 9.76. The van der Waals surface area contributed by atoms with Crippen molar-refractivity contribution < 1.29 is 14.3 Å². The van der Waals surface area contributed by atoms with Crippen molar-refractivity contribution in [3.8, 4) is 12.3 Å². The number of carbonyl (C=O) groups excluding carboxylic acids is 2. The number of allylic oxidation sites excluding steroid dienone is 3. The summed E-state index contributed by atoms with van der Waals surface area (Å²) in [5.41, 5.74) is 1.69. The van der Waals surface area contributed by atoms with E-state index in [0.717, 1.165) is 12.8 Å². The van der Waals surface area contributed by atoms with Gasteiger partial charge in [0.25, 0.3) is 0 Å². The SMILES string of the molecule is C#CC(=C)/C=C\C(=C)C(=C)NC(=NC)C1CCCN1C(=O)C(NC(=O)OC)C(C)C. The Balaban J connectivity index is 2.95. The Hall–Kier alpha value is -3.27. The Morgan fingerprint density at radius 3 is 2.50 bits per heavy atom. The molecule has 1 aliphatic rings. The summed E-state index contributed by atoms with van der Waals surface area (Å²) in [6.45, 7) is 16.0. The molecule has 1 heterocycles. The zero-order valence-electron chi connectivity index (χ0n) is 18.3. The third-order valence-electron chi connectivity index (χ3n) is 4.82. The van der Waals surface area contributed by atoms with E-state index in [0.29, 0.717) is 29.2 Å². The van der Waals surface area contributed by atoms with Gasteiger partial charge in [0.1, 0.15) is 11.9 Å². The summed E-state index contributed by atoms with van der Waals surface area (Å²) in [4.78, 5) is 31.0. The molecule has 0 bridgehead atoms. The predicted molar refractivity (Wildman–Crippen MR) is 121 cm³/mol. The molecule has 0 aromatic rings. The standard InChI is InChI=1S/C23H32N4O3/c1-9-16(4)12-13-17(5)18(6)25-21(24-7)19-11-10-14-27(19)22(28)20(15(2)3)26-23(29)30-8/h1,12-13,15,19-20H,4-6,10-11,14H2,2-3,7-8H3,(H,24,25)(H,26,29)/b13-12-. The van der Waals surface area contributed by atoms with Gasteiger partial charge in [0.05, 0.1) is 13.2 Å². The van der Waals surface area contributed by atoms with Gasteiger partial charge in [-0.25, -0.2) is 4.79 Å². The number of terminal acetylenes is 1. The molecule has 7 heteroatoms. The normalized spacial score (nSPS) is 17.4. The lowest BCUT2D eigenvalue weighted by molar-refractivity contribution is -0.134. The Kier molecular flexibility index (Phi) is 9.63. The fourth-order valence-corrected chi connectivity index (χ4v) is 3.07. The number of likely N-dealkylation sites (tertiary alicyclic amines) is 1. The van der Waals surface area contributed by atoms with E-state index in [-0.39, 0.29) is 17.9 Å².